The van der Waals surface area contributed by atoms with Gasteiger partial charge in [-0.2, -0.15) is 0 Å². The molecular formula is C58H115NO9. The summed E-state index contributed by atoms with van der Waals surface area (Å²) in [7, 11) is 0. The number of esters is 2. The highest BCUT2D eigenvalue weighted by Crippen LogP contribution is 2.16. The van der Waals surface area contributed by atoms with E-state index in [0.29, 0.717) is 32.6 Å². The molecule has 0 unspecified atom stereocenters. The quantitative estimate of drug-likeness (QED) is 0.0359. The summed E-state index contributed by atoms with van der Waals surface area (Å²) in [5.74, 6) is -0.197. The molecule has 68 heavy (non-hydrogen) atoms. The molecule has 0 saturated carbocycles. The molecule has 0 aliphatic carbocycles. The van der Waals surface area contributed by atoms with Crippen LogP contribution in [0.4, 0.5) is 0 Å². The molecule has 0 amide bonds. The number of unbranched alkanes of at least 4 members (excludes halogenated alkanes) is 28. The van der Waals surface area contributed by atoms with Crippen LogP contribution in [0.5, 0.6) is 0 Å². The van der Waals surface area contributed by atoms with E-state index in [4.69, 9.17) is 28.4 Å². The SMILES string of the molecule is CCCCCCCCOC(CCCCC(=O)OCCCCCCN(CCO)CCCCCCOC(=O)CCCCC(OCCCCCCCC)OCCCCCCCC)OCCCCCCCC. The number of aliphatic hydroxyl groups excluding tert-OH is 1. The zero-order valence-electron chi connectivity index (χ0n) is 45.7. The van der Waals surface area contributed by atoms with Crippen molar-refractivity contribution in [1.82, 2.24) is 4.90 Å². The molecule has 0 fully saturated rings. The van der Waals surface area contributed by atoms with Gasteiger partial charge in [0.2, 0.25) is 0 Å². The van der Waals surface area contributed by atoms with Crippen molar-refractivity contribution in [2.45, 2.75) is 297 Å². The maximum Gasteiger partial charge on any atom is 0.305 e. The van der Waals surface area contributed by atoms with Gasteiger partial charge in [-0.3, -0.25) is 9.59 Å². The molecule has 0 radical (unpaired) electrons. The Morgan fingerprint density at radius 2 is 0.618 bits per heavy atom. The molecule has 0 aliphatic rings. The van der Waals surface area contributed by atoms with Crippen LogP contribution < -0.4 is 0 Å². The average Bonchev–Trinajstić information content (AvgIpc) is 3.34. The fraction of sp³-hybridized carbons (Fsp3) is 0.966. The van der Waals surface area contributed by atoms with Crippen LogP contribution in [0, 0.1) is 0 Å². The Bertz CT molecular complexity index is 893. The van der Waals surface area contributed by atoms with Crippen molar-refractivity contribution >= 4 is 11.9 Å². The lowest BCUT2D eigenvalue weighted by atomic mass is 10.1. The zero-order valence-corrected chi connectivity index (χ0v) is 45.7. The monoisotopic (exact) mass is 970 g/mol. The predicted octanol–water partition coefficient (Wildman–Crippen LogP) is 15.8. The Morgan fingerprint density at radius 3 is 0.926 bits per heavy atom. The molecule has 10 nitrogen and oxygen atoms in total. The second-order valence-corrected chi connectivity index (χ2v) is 19.7. The van der Waals surface area contributed by atoms with Crippen LogP contribution in [0.3, 0.4) is 0 Å². The molecule has 1 N–H and O–H groups in total. The topological polar surface area (TPSA) is 113 Å². The smallest absolute Gasteiger partial charge is 0.305 e. The van der Waals surface area contributed by atoms with Gasteiger partial charge in [-0.15, -0.1) is 0 Å². The van der Waals surface area contributed by atoms with Crippen LogP contribution >= 0.6 is 0 Å². The average molecular weight is 971 g/mol. The van der Waals surface area contributed by atoms with Crippen molar-refractivity contribution in [1.29, 1.82) is 0 Å². The second-order valence-electron chi connectivity index (χ2n) is 19.7. The zero-order chi connectivity index (χ0) is 49.5. The summed E-state index contributed by atoms with van der Waals surface area (Å²) in [6.45, 7) is 15.8. The van der Waals surface area contributed by atoms with Crippen LogP contribution in [-0.2, 0) is 38.0 Å². The number of hydrogen-bond donors (Lipinski definition) is 1. The standard InChI is InChI=1S/C58H115NO9/c1-5-9-13-17-23-37-51-65-57(66-52-38-24-18-14-10-6-2)43-31-29-41-55(61)63-49-35-27-21-33-45-59(47-48-60)46-34-22-28-36-50-64-56(62)42-30-32-44-58(67-53-39-25-19-15-11-7-3)68-54-40-26-20-16-12-8-4/h57-58,60H,5-54H2,1-4H3. The van der Waals surface area contributed by atoms with Crippen LogP contribution in [-0.4, -0.2) is 100 Å². The summed E-state index contributed by atoms with van der Waals surface area (Å²) in [5, 5.41) is 9.63. The van der Waals surface area contributed by atoms with E-state index in [1.54, 1.807) is 0 Å². The van der Waals surface area contributed by atoms with Gasteiger partial charge < -0.3 is 38.4 Å². The Balaban J connectivity index is 4.09. The lowest BCUT2D eigenvalue weighted by Crippen LogP contribution is -2.29. The van der Waals surface area contributed by atoms with E-state index in [2.05, 4.69) is 32.6 Å². The molecular weight excluding hydrogens is 855 g/mol. The molecule has 0 spiro atoms. The fourth-order valence-electron chi connectivity index (χ4n) is 8.55. The van der Waals surface area contributed by atoms with Gasteiger partial charge in [0, 0.05) is 45.8 Å². The summed E-state index contributed by atoms with van der Waals surface area (Å²) in [6, 6.07) is 0. The van der Waals surface area contributed by atoms with Crippen LogP contribution in [0.2, 0.25) is 0 Å². The maximum absolute atomic E-state index is 12.4. The number of rotatable bonds is 58. The summed E-state index contributed by atoms with van der Waals surface area (Å²) in [5.41, 5.74) is 0. The molecule has 0 heterocycles. The maximum atomic E-state index is 12.4. The first-order valence-electron chi connectivity index (χ1n) is 29.6. The summed E-state index contributed by atoms with van der Waals surface area (Å²) < 4.78 is 35.7. The molecule has 406 valence electrons. The third-order valence-electron chi connectivity index (χ3n) is 13.0. The van der Waals surface area contributed by atoms with E-state index in [0.717, 1.165) is 155 Å². The van der Waals surface area contributed by atoms with Gasteiger partial charge in [-0.25, -0.2) is 0 Å². The molecule has 0 bridgehead atoms. The molecule has 0 aliphatic heterocycles. The highest BCUT2D eigenvalue weighted by atomic mass is 16.7. The number of nitrogens with zero attached hydrogens (tertiary/aromatic N) is 1. The molecule has 0 saturated heterocycles. The third-order valence-corrected chi connectivity index (χ3v) is 13.0. The van der Waals surface area contributed by atoms with Gasteiger partial charge in [0.1, 0.15) is 0 Å². The van der Waals surface area contributed by atoms with Gasteiger partial charge in [-0.05, 0) is 103 Å². The van der Waals surface area contributed by atoms with Crippen LogP contribution in [0.15, 0.2) is 0 Å². The Kier molecular flexibility index (Phi) is 55.5. The van der Waals surface area contributed by atoms with Gasteiger partial charge >= 0.3 is 11.9 Å². The van der Waals surface area contributed by atoms with E-state index >= 15 is 0 Å². The minimum Gasteiger partial charge on any atom is -0.466 e. The summed E-state index contributed by atoms with van der Waals surface area (Å²) >= 11 is 0. The van der Waals surface area contributed by atoms with Crippen LogP contribution in [0.1, 0.15) is 285 Å². The molecule has 0 atom stereocenters. The van der Waals surface area contributed by atoms with Crippen molar-refractivity contribution in [3.8, 4) is 0 Å². The molecule has 10 heteroatoms. The Labute approximate surface area is 421 Å². The summed E-state index contributed by atoms with van der Waals surface area (Å²) in [6.07, 6.45) is 43.8. The van der Waals surface area contributed by atoms with Crippen molar-refractivity contribution in [2.24, 2.45) is 0 Å². The molecule has 0 rings (SSSR count). The Morgan fingerprint density at radius 1 is 0.338 bits per heavy atom. The van der Waals surface area contributed by atoms with Gasteiger partial charge in [0.25, 0.3) is 0 Å². The van der Waals surface area contributed by atoms with Crippen molar-refractivity contribution < 1.29 is 43.1 Å². The lowest BCUT2D eigenvalue weighted by Gasteiger charge is -2.21. The first kappa shape index (κ1) is 66.7. The number of aliphatic hydroxyl groups is 1. The largest absolute Gasteiger partial charge is 0.466 e. The minimum absolute atomic E-state index is 0.0985. The van der Waals surface area contributed by atoms with E-state index < -0.39 is 0 Å². The van der Waals surface area contributed by atoms with Crippen molar-refractivity contribution in [3.63, 3.8) is 0 Å². The molecule has 0 aromatic rings. The highest BCUT2D eigenvalue weighted by molar-refractivity contribution is 5.69. The van der Waals surface area contributed by atoms with E-state index in [1.807, 2.05) is 0 Å². The second kappa shape index (κ2) is 56.6. The van der Waals surface area contributed by atoms with E-state index in [9.17, 15) is 14.7 Å². The van der Waals surface area contributed by atoms with Crippen molar-refractivity contribution in [2.75, 3.05) is 65.9 Å². The van der Waals surface area contributed by atoms with Gasteiger partial charge in [0.05, 0.1) is 19.8 Å². The third kappa shape index (κ3) is 51.1. The normalized spacial score (nSPS) is 11.8. The highest BCUT2D eigenvalue weighted by Gasteiger charge is 2.13. The van der Waals surface area contributed by atoms with E-state index in [-0.39, 0.29) is 31.1 Å². The molecule has 0 aromatic carbocycles. The van der Waals surface area contributed by atoms with E-state index in [1.165, 1.54) is 128 Å². The molecule has 0 aromatic heterocycles. The van der Waals surface area contributed by atoms with Crippen LogP contribution in [0.25, 0.3) is 0 Å². The number of ether oxygens (including phenoxy) is 6. The van der Waals surface area contributed by atoms with Crippen molar-refractivity contribution in [3.05, 3.63) is 0 Å². The number of carbonyl (C=O) groups is 2. The summed E-state index contributed by atoms with van der Waals surface area (Å²) in [4.78, 5) is 27.2. The Hall–Kier alpha value is -1.30. The fourth-order valence-corrected chi connectivity index (χ4v) is 8.55. The lowest BCUT2D eigenvalue weighted by molar-refractivity contribution is -0.149. The van der Waals surface area contributed by atoms with Gasteiger partial charge in [0.15, 0.2) is 12.6 Å². The first-order chi connectivity index (χ1) is 33.5. The number of hydrogen-bond acceptors (Lipinski definition) is 10. The first-order valence-corrected chi connectivity index (χ1v) is 29.6. The predicted molar refractivity (Wildman–Crippen MR) is 284 cm³/mol. The van der Waals surface area contributed by atoms with Gasteiger partial charge in [-0.1, -0.05) is 182 Å². The minimum atomic E-state index is -0.167. The number of carbonyl (C=O) groups excluding carboxylic acids is 2.